The first-order valence-corrected chi connectivity index (χ1v) is 11.2. The van der Waals surface area contributed by atoms with Gasteiger partial charge in [-0.2, -0.15) is 5.21 Å². The molecule has 0 atom stereocenters. The largest absolute Gasteiger partial charge is 0.489 e. The molecule has 2 aromatic carbocycles. The first-order chi connectivity index (χ1) is 16.0. The van der Waals surface area contributed by atoms with Crippen molar-refractivity contribution in [3.63, 3.8) is 0 Å². The van der Waals surface area contributed by atoms with E-state index in [1.165, 1.54) is 0 Å². The fraction of sp³-hybridized carbons (Fsp3) is 0.320. The normalized spacial score (nSPS) is 11.0. The van der Waals surface area contributed by atoms with Crippen LogP contribution in [0.3, 0.4) is 0 Å². The van der Waals surface area contributed by atoms with E-state index in [-0.39, 0.29) is 5.56 Å². The number of nitrogens with zero attached hydrogens (tertiary/aromatic N) is 5. The summed E-state index contributed by atoms with van der Waals surface area (Å²) < 4.78 is 7.74. The molecule has 2 heterocycles. The molecule has 4 rings (SSSR count). The fourth-order valence-corrected chi connectivity index (χ4v) is 3.58. The third kappa shape index (κ3) is 5.34. The molecule has 8 nitrogen and oxygen atoms in total. The van der Waals surface area contributed by atoms with E-state index >= 15 is 0 Å². The second kappa shape index (κ2) is 10.2. The molecular formula is C25H28N6O2. The Morgan fingerprint density at radius 3 is 2.39 bits per heavy atom. The van der Waals surface area contributed by atoms with Gasteiger partial charge in [-0.1, -0.05) is 49.7 Å². The van der Waals surface area contributed by atoms with E-state index in [1.54, 1.807) is 4.57 Å². The smallest absolute Gasteiger partial charge is 0.256 e. The van der Waals surface area contributed by atoms with Crippen molar-refractivity contribution in [1.29, 1.82) is 0 Å². The molecule has 0 saturated heterocycles. The van der Waals surface area contributed by atoms with Crippen LogP contribution in [-0.4, -0.2) is 30.2 Å². The number of H-pyrrole nitrogens is 1. The Kier molecular flexibility index (Phi) is 6.92. The van der Waals surface area contributed by atoms with Crippen molar-refractivity contribution in [2.75, 3.05) is 0 Å². The van der Waals surface area contributed by atoms with Crippen molar-refractivity contribution in [2.24, 2.45) is 0 Å². The van der Waals surface area contributed by atoms with Crippen molar-refractivity contribution in [3.8, 4) is 17.1 Å². The summed E-state index contributed by atoms with van der Waals surface area (Å²) in [6, 6.07) is 15.7. The zero-order chi connectivity index (χ0) is 23.2. The SMILES string of the molecule is CCCCc1nc(C)c(C)c(=O)n1Cc1ccc(OCc2ccc(-c3nn[nH]n3)cc2)cc1. The Labute approximate surface area is 192 Å². The van der Waals surface area contributed by atoms with Crippen molar-refractivity contribution >= 4 is 0 Å². The van der Waals surface area contributed by atoms with Crippen molar-refractivity contribution < 1.29 is 4.74 Å². The lowest BCUT2D eigenvalue weighted by Gasteiger charge is -2.15. The van der Waals surface area contributed by atoms with Gasteiger partial charge in [0.25, 0.3) is 5.56 Å². The monoisotopic (exact) mass is 444 g/mol. The number of aromatic amines is 1. The standard InChI is InChI=1S/C25H28N6O2/c1-4-5-6-23-26-18(3)17(2)25(32)31(23)15-19-9-13-22(14-10-19)33-16-20-7-11-21(12-8-20)24-27-29-30-28-24/h7-14H,4-6,15-16H2,1-3H3,(H,27,28,29,30). The highest BCUT2D eigenvalue weighted by molar-refractivity contribution is 5.54. The maximum Gasteiger partial charge on any atom is 0.256 e. The molecule has 8 heteroatoms. The Morgan fingerprint density at radius 1 is 1.00 bits per heavy atom. The number of unbranched alkanes of at least 4 members (excludes halogenated alkanes) is 1. The van der Waals surface area contributed by atoms with E-state index in [2.05, 4.69) is 27.5 Å². The second-order valence-corrected chi connectivity index (χ2v) is 8.10. The minimum Gasteiger partial charge on any atom is -0.489 e. The molecule has 0 fully saturated rings. The first kappa shape index (κ1) is 22.4. The zero-order valence-corrected chi connectivity index (χ0v) is 19.2. The molecule has 0 amide bonds. The zero-order valence-electron chi connectivity index (χ0n) is 19.2. The number of ether oxygens (including phenoxy) is 1. The molecule has 1 N–H and O–H groups in total. The molecule has 0 aliphatic carbocycles. The highest BCUT2D eigenvalue weighted by atomic mass is 16.5. The predicted octanol–water partition coefficient (Wildman–Crippen LogP) is 4.01. The maximum absolute atomic E-state index is 12.9. The number of aromatic nitrogens is 6. The van der Waals surface area contributed by atoms with Gasteiger partial charge in [0.15, 0.2) is 0 Å². The van der Waals surface area contributed by atoms with Gasteiger partial charge in [0.2, 0.25) is 5.82 Å². The summed E-state index contributed by atoms with van der Waals surface area (Å²) in [7, 11) is 0. The summed E-state index contributed by atoms with van der Waals surface area (Å²) in [6.07, 6.45) is 2.88. The van der Waals surface area contributed by atoms with Crippen LogP contribution in [0.15, 0.2) is 53.3 Å². The molecular weight excluding hydrogens is 416 g/mol. The Hall–Kier alpha value is -3.81. The van der Waals surface area contributed by atoms with Crippen LogP contribution in [0.2, 0.25) is 0 Å². The van der Waals surface area contributed by atoms with Crippen LogP contribution in [-0.2, 0) is 19.6 Å². The van der Waals surface area contributed by atoms with Gasteiger partial charge >= 0.3 is 0 Å². The number of hydrogen-bond acceptors (Lipinski definition) is 6. The molecule has 0 saturated carbocycles. The summed E-state index contributed by atoms with van der Waals surface area (Å²) in [5.74, 6) is 2.20. The van der Waals surface area contributed by atoms with Gasteiger partial charge in [-0.05, 0) is 48.7 Å². The molecule has 170 valence electrons. The van der Waals surface area contributed by atoms with E-state index < -0.39 is 0 Å². The summed E-state index contributed by atoms with van der Waals surface area (Å²) in [6.45, 7) is 6.85. The minimum atomic E-state index is 0.0400. The topological polar surface area (TPSA) is 98.6 Å². The summed E-state index contributed by atoms with van der Waals surface area (Å²) >= 11 is 0. The molecule has 0 radical (unpaired) electrons. The third-order valence-electron chi connectivity index (χ3n) is 5.70. The molecule has 0 aliphatic heterocycles. The molecule has 0 bridgehead atoms. The quantitative estimate of drug-likeness (QED) is 0.419. The summed E-state index contributed by atoms with van der Waals surface area (Å²) in [5, 5.41) is 14.0. The molecule has 0 unspecified atom stereocenters. The first-order valence-electron chi connectivity index (χ1n) is 11.2. The molecule has 2 aromatic heterocycles. The predicted molar refractivity (Wildman–Crippen MR) is 126 cm³/mol. The highest BCUT2D eigenvalue weighted by Gasteiger charge is 2.12. The van der Waals surface area contributed by atoms with E-state index in [1.807, 2.05) is 62.4 Å². The average molecular weight is 445 g/mol. The van der Waals surface area contributed by atoms with Crippen molar-refractivity contribution in [2.45, 2.75) is 53.2 Å². The van der Waals surface area contributed by atoms with Gasteiger partial charge in [-0.15, -0.1) is 10.2 Å². The summed E-state index contributed by atoms with van der Waals surface area (Å²) in [4.78, 5) is 17.6. The lowest BCUT2D eigenvalue weighted by Crippen LogP contribution is -2.28. The van der Waals surface area contributed by atoms with E-state index in [0.29, 0.717) is 24.5 Å². The molecule has 0 spiro atoms. The Morgan fingerprint density at radius 2 is 1.73 bits per heavy atom. The number of aryl methyl sites for hydroxylation is 2. The van der Waals surface area contributed by atoms with Gasteiger partial charge in [0.05, 0.1) is 6.54 Å². The van der Waals surface area contributed by atoms with E-state index in [4.69, 9.17) is 9.72 Å². The third-order valence-corrected chi connectivity index (χ3v) is 5.70. The molecule has 33 heavy (non-hydrogen) atoms. The fourth-order valence-electron chi connectivity index (χ4n) is 3.58. The maximum atomic E-state index is 12.9. The molecule has 0 aliphatic rings. The van der Waals surface area contributed by atoms with Gasteiger partial charge in [0, 0.05) is 23.2 Å². The van der Waals surface area contributed by atoms with Crippen LogP contribution in [0.4, 0.5) is 0 Å². The van der Waals surface area contributed by atoms with E-state index in [9.17, 15) is 4.79 Å². The van der Waals surface area contributed by atoms with Crippen molar-refractivity contribution in [1.82, 2.24) is 30.2 Å². The average Bonchev–Trinajstić information content (AvgIpc) is 3.38. The number of hydrogen-bond donors (Lipinski definition) is 1. The van der Waals surface area contributed by atoms with Crippen LogP contribution in [0.1, 0.15) is 48.0 Å². The number of tetrazole rings is 1. The second-order valence-electron chi connectivity index (χ2n) is 8.10. The minimum absolute atomic E-state index is 0.0400. The van der Waals surface area contributed by atoms with Crippen LogP contribution >= 0.6 is 0 Å². The van der Waals surface area contributed by atoms with Gasteiger partial charge in [-0.25, -0.2) is 4.98 Å². The molecule has 4 aromatic rings. The lowest BCUT2D eigenvalue weighted by atomic mass is 10.1. The van der Waals surface area contributed by atoms with E-state index in [0.717, 1.165) is 53.2 Å². The van der Waals surface area contributed by atoms with Crippen molar-refractivity contribution in [3.05, 3.63) is 87.1 Å². The Bertz CT molecular complexity index is 1250. The van der Waals surface area contributed by atoms with Gasteiger partial charge in [0.1, 0.15) is 18.2 Å². The van der Waals surface area contributed by atoms with Crippen LogP contribution in [0.25, 0.3) is 11.4 Å². The van der Waals surface area contributed by atoms with Crippen LogP contribution in [0.5, 0.6) is 5.75 Å². The van der Waals surface area contributed by atoms with Crippen LogP contribution in [0, 0.1) is 13.8 Å². The highest BCUT2D eigenvalue weighted by Crippen LogP contribution is 2.18. The number of nitrogens with one attached hydrogen (secondary N) is 1. The Balaban J connectivity index is 1.42. The lowest BCUT2D eigenvalue weighted by molar-refractivity contribution is 0.306. The van der Waals surface area contributed by atoms with Gasteiger partial charge < -0.3 is 4.74 Å². The number of rotatable bonds is 9. The summed E-state index contributed by atoms with van der Waals surface area (Å²) in [5.41, 5.74) is 4.54. The van der Waals surface area contributed by atoms with Gasteiger partial charge in [-0.3, -0.25) is 9.36 Å². The van der Waals surface area contributed by atoms with Crippen LogP contribution < -0.4 is 10.3 Å². The number of benzene rings is 2.